The van der Waals surface area contributed by atoms with E-state index in [1.165, 1.54) is 5.56 Å². The van der Waals surface area contributed by atoms with E-state index in [-0.39, 0.29) is 24.2 Å². The van der Waals surface area contributed by atoms with E-state index >= 15 is 0 Å². The summed E-state index contributed by atoms with van der Waals surface area (Å²) in [7, 11) is -4.37. The Bertz CT molecular complexity index is 1370. The van der Waals surface area contributed by atoms with E-state index in [1.807, 2.05) is 35.1 Å². The maximum atomic E-state index is 13.7. The minimum Gasteiger partial charge on any atom is -0.444 e. The topological polar surface area (TPSA) is 134 Å². The lowest BCUT2D eigenvalue weighted by Gasteiger charge is -2.24. The van der Waals surface area contributed by atoms with Gasteiger partial charge in [0.15, 0.2) is 0 Å². The molecular formula is C29H37N3O6S2. The highest BCUT2D eigenvalue weighted by Crippen LogP contribution is 2.27. The van der Waals surface area contributed by atoms with E-state index in [9.17, 15) is 18.0 Å². The third-order valence-electron chi connectivity index (χ3n) is 5.97. The number of carbonyl (C=O) groups excluding carboxylic acids is 2. The van der Waals surface area contributed by atoms with Crippen LogP contribution in [0.25, 0.3) is 0 Å². The minimum atomic E-state index is -4.37. The lowest BCUT2D eigenvalue weighted by Crippen LogP contribution is -2.42. The molecule has 0 bridgehead atoms. The summed E-state index contributed by atoms with van der Waals surface area (Å²) in [5.41, 5.74) is 2.57. The van der Waals surface area contributed by atoms with Crippen LogP contribution in [0.15, 0.2) is 66.0 Å². The van der Waals surface area contributed by atoms with Crippen LogP contribution in [0.4, 0.5) is 10.5 Å². The summed E-state index contributed by atoms with van der Waals surface area (Å²) in [5.74, 6) is -0.759. The monoisotopic (exact) mass is 587 g/mol. The standard InChI is InChI=1S/C29H37N3O6S2/c1-5-20-17-26(39-19-20)25(16-22-11-13-24(14-12-22)32-40(35,36)37)31-27(33)23(15-21-9-7-6-8-10-21)18-30-28(34)38-29(2,3)4/h6-14,17,19,23,25,32H,5,15-16,18H2,1-4H3,(H,30,34)(H,31,33)(H,35,36,37)/t23-,25-/m0/s1. The number of aryl methyl sites for hydroxylation is 1. The van der Waals surface area contributed by atoms with Crippen LogP contribution in [0.2, 0.25) is 0 Å². The highest BCUT2D eigenvalue weighted by atomic mass is 32.2. The second-order valence-corrected chi connectivity index (χ2v) is 12.6. The predicted octanol–water partition coefficient (Wildman–Crippen LogP) is 5.31. The Morgan fingerprint density at radius 1 is 0.975 bits per heavy atom. The van der Waals surface area contributed by atoms with Crippen LogP contribution < -0.4 is 15.4 Å². The normalized spacial score (nSPS) is 13.2. The zero-order valence-corrected chi connectivity index (χ0v) is 24.8. The smallest absolute Gasteiger partial charge is 0.407 e. The highest BCUT2D eigenvalue weighted by Gasteiger charge is 2.26. The van der Waals surface area contributed by atoms with Gasteiger partial charge in [-0.05, 0) is 80.3 Å². The van der Waals surface area contributed by atoms with Gasteiger partial charge in [0, 0.05) is 11.4 Å². The molecule has 40 heavy (non-hydrogen) atoms. The number of nitrogens with one attached hydrogen (secondary N) is 3. The largest absolute Gasteiger partial charge is 0.444 e. The van der Waals surface area contributed by atoms with Gasteiger partial charge in [-0.2, -0.15) is 8.42 Å². The number of amides is 2. The van der Waals surface area contributed by atoms with Gasteiger partial charge in [-0.3, -0.25) is 14.1 Å². The molecule has 11 heteroatoms. The van der Waals surface area contributed by atoms with Gasteiger partial charge >= 0.3 is 16.4 Å². The molecule has 2 atom stereocenters. The third-order valence-corrected chi connectivity index (χ3v) is 7.56. The second-order valence-electron chi connectivity index (χ2n) is 10.5. The number of hydrogen-bond donors (Lipinski definition) is 4. The lowest BCUT2D eigenvalue weighted by molar-refractivity contribution is -0.125. The zero-order valence-electron chi connectivity index (χ0n) is 23.1. The minimum absolute atomic E-state index is 0.100. The number of hydrogen-bond acceptors (Lipinski definition) is 6. The van der Waals surface area contributed by atoms with E-state index in [0.29, 0.717) is 12.8 Å². The van der Waals surface area contributed by atoms with Crippen molar-refractivity contribution < 1.29 is 27.3 Å². The van der Waals surface area contributed by atoms with Crippen molar-refractivity contribution in [3.63, 3.8) is 0 Å². The van der Waals surface area contributed by atoms with Crippen molar-refractivity contribution in [1.82, 2.24) is 10.6 Å². The van der Waals surface area contributed by atoms with Gasteiger partial charge in [-0.15, -0.1) is 11.3 Å². The maximum absolute atomic E-state index is 13.7. The molecule has 0 aliphatic carbocycles. The molecule has 0 spiro atoms. The summed E-state index contributed by atoms with van der Waals surface area (Å²) < 4.78 is 38.7. The van der Waals surface area contributed by atoms with Crippen LogP contribution in [0.5, 0.6) is 0 Å². The summed E-state index contributed by atoms with van der Waals surface area (Å²) in [6.45, 7) is 7.51. The van der Waals surface area contributed by atoms with Crippen LogP contribution >= 0.6 is 11.3 Å². The molecule has 0 aliphatic heterocycles. The first kappa shape index (κ1) is 31.1. The van der Waals surface area contributed by atoms with Crippen LogP contribution in [-0.4, -0.2) is 37.1 Å². The van der Waals surface area contributed by atoms with Crippen molar-refractivity contribution in [3.05, 3.63) is 87.6 Å². The van der Waals surface area contributed by atoms with Crippen molar-refractivity contribution in [2.75, 3.05) is 11.3 Å². The number of rotatable bonds is 12. The molecule has 0 fully saturated rings. The second kappa shape index (κ2) is 13.8. The number of benzene rings is 2. The Labute approximate surface area is 240 Å². The number of alkyl carbamates (subject to hydrolysis) is 1. The van der Waals surface area contributed by atoms with Gasteiger partial charge < -0.3 is 15.4 Å². The third kappa shape index (κ3) is 10.6. The first-order valence-corrected chi connectivity index (χ1v) is 15.4. The molecule has 3 aromatic rings. The molecule has 2 aromatic carbocycles. The molecule has 216 valence electrons. The van der Waals surface area contributed by atoms with E-state index in [1.54, 1.807) is 56.4 Å². The fourth-order valence-corrected chi connectivity index (χ4v) is 5.53. The Morgan fingerprint density at radius 2 is 1.62 bits per heavy atom. The van der Waals surface area contributed by atoms with E-state index in [0.717, 1.165) is 22.4 Å². The molecule has 3 rings (SSSR count). The molecule has 0 aliphatic rings. The number of anilines is 1. The number of ether oxygens (including phenoxy) is 1. The average molecular weight is 588 g/mol. The van der Waals surface area contributed by atoms with Gasteiger partial charge in [-0.1, -0.05) is 49.4 Å². The summed E-state index contributed by atoms with van der Waals surface area (Å²) in [4.78, 5) is 27.0. The lowest BCUT2D eigenvalue weighted by atomic mass is 9.96. The summed E-state index contributed by atoms with van der Waals surface area (Å²) in [6.07, 6.45) is 1.16. The van der Waals surface area contributed by atoms with Gasteiger partial charge in [0.05, 0.1) is 17.6 Å². The Morgan fingerprint density at radius 3 is 2.20 bits per heavy atom. The zero-order chi connectivity index (χ0) is 29.3. The number of thiophene rings is 1. The van der Waals surface area contributed by atoms with Gasteiger partial charge in [0.2, 0.25) is 5.91 Å². The van der Waals surface area contributed by atoms with E-state index in [4.69, 9.17) is 9.29 Å². The molecule has 0 saturated heterocycles. The van der Waals surface area contributed by atoms with Crippen LogP contribution in [0.1, 0.15) is 55.3 Å². The molecule has 0 saturated carbocycles. The first-order chi connectivity index (χ1) is 18.8. The maximum Gasteiger partial charge on any atom is 0.407 e. The highest BCUT2D eigenvalue weighted by molar-refractivity contribution is 7.87. The average Bonchev–Trinajstić information content (AvgIpc) is 3.35. The Balaban J connectivity index is 1.81. The van der Waals surface area contributed by atoms with Gasteiger partial charge in [-0.25, -0.2) is 4.79 Å². The summed E-state index contributed by atoms with van der Waals surface area (Å²) in [5, 5.41) is 8.01. The van der Waals surface area contributed by atoms with Crippen LogP contribution in [0.3, 0.4) is 0 Å². The van der Waals surface area contributed by atoms with E-state index < -0.39 is 27.9 Å². The van der Waals surface area contributed by atoms with Gasteiger partial charge in [0.25, 0.3) is 0 Å². The SMILES string of the molecule is CCc1csc([C@H](Cc2ccc(NS(=O)(=O)O)cc2)NC(=O)[C@H](CNC(=O)OC(C)(C)C)Cc2ccccc2)c1. The molecule has 9 nitrogen and oxygen atoms in total. The summed E-state index contributed by atoms with van der Waals surface area (Å²) >= 11 is 1.57. The van der Waals surface area contributed by atoms with Crippen LogP contribution in [-0.2, 0) is 39.1 Å². The molecule has 0 unspecified atom stereocenters. The molecular weight excluding hydrogens is 550 g/mol. The van der Waals surface area contributed by atoms with Crippen molar-refractivity contribution in [3.8, 4) is 0 Å². The number of carbonyl (C=O) groups is 2. The quantitative estimate of drug-likeness (QED) is 0.212. The Kier molecular flexibility index (Phi) is 10.7. The first-order valence-electron chi connectivity index (χ1n) is 13.0. The molecule has 0 radical (unpaired) electrons. The van der Waals surface area contributed by atoms with E-state index in [2.05, 4.69) is 29.0 Å². The summed E-state index contributed by atoms with van der Waals surface area (Å²) in [6, 6.07) is 17.9. The van der Waals surface area contributed by atoms with Crippen LogP contribution in [0, 0.1) is 5.92 Å². The fourth-order valence-electron chi connectivity index (χ4n) is 4.05. The Hall–Kier alpha value is -3.41. The fraction of sp³-hybridized carbons (Fsp3) is 0.379. The molecule has 4 N–H and O–H groups in total. The van der Waals surface area contributed by atoms with Crippen molar-refractivity contribution in [1.29, 1.82) is 0 Å². The molecule has 2 amide bonds. The van der Waals surface area contributed by atoms with Gasteiger partial charge in [0.1, 0.15) is 5.60 Å². The molecule has 1 aromatic heterocycles. The van der Waals surface area contributed by atoms with Crippen molar-refractivity contribution >= 4 is 39.3 Å². The van der Waals surface area contributed by atoms with Crippen molar-refractivity contribution in [2.45, 2.75) is 58.6 Å². The molecule has 1 heterocycles. The predicted molar refractivity (Wildman–Crippen MR) is 158 cm³/mol. The van der Waals surface area contributed by atoms with Crippen molar-refractivity contribution in [2.24, 2.45) is 5.92 Å².